The second-order valence-corrected chi connectivity index (χ2v) is 9.14. The van der Waals surface area contributed by atoms with Gasteiger partial charge in [0, 0.05) is 16.4 Å². The number of nitrogens with zero attached hydrogens (tertiary/aromatic N) is 2. The van der Waals surface area contributed by atoms with E-state index in [1.807, 2.05) is 31.2 Å². The Morgan fingerprint density at radius 3 is 2.08 bits per heavy atom. The van der Waals surface area contributed by atoms with Crippen LogP contribution in [-0.4, -0.2) is 38.0 Å². The summed E-state index contributed by atoms with van der Waals surface area (Å²) in [4.78, 5) is 16.4. The lowest BCUT2D eigenvalue weighted by atomic mass is 10.1. The van der Waals surface area contributed by atoms with E-state index in [4.69, 9.17) is 11.6 Å². The zero-order valence-electron chi connectivity index (χ0n) is 13.6. The van der Waals surface area contributed by atoms with Crippen molar-refractivity contribution in [1.29, 1.82) is 0 Å². The monoisotopic (exact) mass is 376 g/mol. The van der Waals surface area contributed by atoms with E-state index in [1.165, 1.54) is 0 Å². The number of sulfone groups is 1. The largest absolute Gasteiger partial charge is 0.329 e. The Bertz CT molecular complexity index is 891. The summed E-state index contributed by atoms with van der Waals surface area (Å²) in [6, 6.07) is 13.5. The molecule has 2 aromatic carbocycles. The molecule has 2 aromatic rings. The number of urea groups is 1. The van der Waals surface area contributed by atoms with Crippen LogP contribution in [0.5, 0.6) is 0 Å². The highest BCUT2D eigenvalue weighted by molar-refractivity contribution is 7.91. The molecule has 5 nitrogen and oxygen atoms in total. The summed E-state index contributed by atoms with van der Waals surface area (Å²) >= 11 is 6.07. The third-order valence-corrected chi connectivity index (χ3v) is 6.67. The molecule has 0 bridgehead atoms. The van der Waals surface area contributed by atoms with Crippen molar-refractivity contribution in [2.24, 2.45) is 0 Å². The maximum Gasteiger partial charge on any atom is 0.329 e. The maximum absolute atomic E-state index is 13.2. The van der Waals surface area contributed by atoms with E-state index in [2.05, 4.69) is 0 Å². The van der Waals surface area contributed by atoms with Crippen molar-refractivity contribution < 1.29 is 13.2 Å². The van der Waals surface area contributed by atoms with E-state index in [0.29, 0.717) is 10.7 Å². The van der Waals surface area contributed by atoms with Gasteiger partial charge in [-0.3, -0.25) is 9.80 Å². The first kappa shape index (κ1) is 16.4. The fourth-order valence-corrected chi connectivity index (χ4v) is 5.81. The molecule has 2 saturated heterocycles. The highest BCUT2D eigenvalue weighted by Gasteiger charge is 2.54. The van der Waals surface area contributed by atoms with E-state index in [-0.39, 0.29) is 17.5 Å². The Morgan fingerprint density at radius 1 is 0.960 bits per heavy atom. The summed E-state index contributed by atoms with van der Waals surface area (Å²) in [5.41, 5.74) is 2.37. The van der Waals surface area contributed by atoms with E-state index < -0.39 is 21.9 Å². The molecule has 0 aromatic heterocycles. The lowest BCUT2D eigenvalue weighted by Gasteiger charge is -2.23. The van der Waals surface area contributed by atoms with Gasteiger partial charge < -0.3 is 0 Å². The molecule has 2 unspecified atom stereocenters. The smallest absolute Gasteiger partial charge is 0.288 e. The molecular formula is C18H17ClN2O3S. The number of anilines is 2. The van der Waals surface area contributed by atoms with Crippen LogP contribution < -0.4 is 9.80 Å². The minimum Gasteiger partial charge on any atom is -0.288 e. The number of rotatable bonds is 2. The standard InChI is InChI=1S/C18H17ClN2O3S/c1-12-4-2-6-14(8-12)20-16-10-25(23,24)11-17(16)21(18(20)22)15-7-3-5-13(19)9-15/h2-9,16-17H,10-11H2,1H3. The molecule has 4 rings (SSSR count). The number of hydrogen-bond donors (Lipinski definition) is 0. The van der Waals surface area contributed by atoms with Crippen molar-refractivity contribution in [2.45, 2.75) is 19.0 Å². The third-order valence-electron chi connectivity index (χ3n) is 4.74. The van der Waals surface area contributed by atoms with Crippen LogP contribution >= 0.6 is 11.6 Å². The SMILES string of the molecule is Cc1cccc(N2C(=O)N(c3cccc(Cl)c3)C3CS(=O)(=O)CC32)c1. The van der Waals surface area contributed by atoms with Crippen molar-refractivity contribution in [3.05, 3.63) is 59.1 Å². The molecule has 2 aliphatic rings. The molecule has 2 aliphatic heterocycles. The first-order valence-electron chi connectivity index (χ1n) is 8.01. The minimum atomic E-state index is -3.20. The lowest BCUT2D eigenvalue weighted by molar-refractivity contribution is 0.255. The zero-order valence-corrected chi connectivity index (χ0v) is 15.2. The first-order chi connectivity index (χ1) is 11.9. The summed E-state index contributed by atoms with van der Waals surface area (Å²) < 4.78 is 24.5. The molecule has 2 heterocycles. The molecule has 130 valence electrons. The molecule has 25 heavy (non-hydrogen) atoms. The van der Waals surface area contributed by atoms with Crippen molar-refractivity contribution in [1.82, 2.24) is 0 Å². The molecular weight excluding hydrogens is 360 g/mol. The molecule has 0 N–H and O–H groups in total. The van der Waals surface area contributed by atoms with Crippen molar-refractivity contribution >= 4 is 38.8 Å². The molecule has 2 atom stereocenters. The highest BCUT2D eigenvalue weighted by atomic mass is 35.5. The molecule has 0 saturated carbocycles. The van der Waals surface area contributed by atoms with E-state index in [1.54, 1.807) is 34.1 Å². The van der Waals surface area contributed by atoms with Gasteiger partial charge in [-0.1, -0.05) is 29.8 Å². The topological polar surface area (TPSA) is 57.7 Å². The summed E-state index contributed by atoms with van der Waals surface area (Å²) in [6.07, 6.45) is 0. The Balaban J connectivity index is 1.83. The van der Waals surface area contributed by atoms with E-state index >= 15 is 0 Å². The van der Waals surface area contributed by atoms with Crippen LogP contribution in [0.3, 0.4) is 0 Å². The second-order valence-electron chi connectivity index (χ2n) is 6.55. The molecule has 0 radical (unpaired) electrons. The van der Waals surface area contributed by atoms with Crippen LogP contribution in [0.2, 0.25) is 5.02 Å². The first-order valence-corrected chi connectivity index (χ1v) is 10.2. The number of carbonyl (C=O) groups is 1. The zero-order chi connectivity index (χ0) is 17.8. The summed E-state index contributed by atoms with van der Waals surface area (Å²) in [6.45, 7) is 1.95. The number of aryl methyl sites for hydroxylation is 1. The molecule has 7 heteroatoms. The average molecular weight is 377 g/mol. The van der Waals surface area contributed by atoms with Crippen molar-refractivity contribution in [3.8, 4) is 0 Å². The fraction of sp³-hybridized carbons (Fsp3) is 0.278. The minimum absolute atomic E-state index is 0.0194. The quantitative estimate of drug-likeness (QED) is 0.756. The molecule has 0 spiro atoms. The van der Waals surface area contributed by atoms with Crippen LogP contribution in [0, 0.1) is 6.92 Å². The predicted octanol–water partition coefficient (Wildman–Crippen LogP) is 3.26. The normalized spacial score (nSPS) is 24.6. The molecule has 0 aliphatic carbocycles. The van der Waals surface area contributed by atoms with Crippen LogP contribution in [0.4, 0.5) is 16.2 Å². The van der Waals surface area contributed by atoms with Gasteiger partial charge in [-0.25, -0.2) is 13.2 Å². The van der Waals surface area contributed by atoms with Crippen molar-refractivity contribution in [3.63, 3.8) is 0 Å². The van der Waals surface area contributed by atoms with Crippen LogP contribution in [0.15, 0.2) is 48.5 Å². The Labute approximate surface area is 151 Å². The predicted molar refractivity (Wildman–Crippen MR) is 99.2 cm³/mol. The number of hydrogen-bond acceptors (Lipinski definition) is 3. The third kappa shape index (κ3) is 2.79. The van der Waals surface area contributed by atoms with Gasteiger partial charge in [0.25, 0.3) is 0 Å². The van der Waals surface area contributed by atoms with E-state index in [9.17, 15) is 13.2 Å². The van der Waals surface area contributed by atoms with Gasteiger partial charge in [-0.05, 0) is 42.8 Å². The van der Waals surface area contributed by atoms with Gasteiger partial charge in [0.1, 0.15) is 0 Å². The highest BCUT2D eigenvalue weighted by Crippen LogP contribution is 2.38. The number of benzene rings is 2. The van der Waals surface area contributed by atoms with Gasteiger partial charge in [-0.15, -0.1) is 0 Å². The number of halogens is 1. The Hall–Kier alpha value is -2.05. The second kappa shape index (κ2) is 5.75. The van der Waals surface area contributed by atoms with Crippen LogP contribution in [-0.2, 0) is 9.84 Å². The van der Waals surface area contributed by atoms with Crippen molar-refractivity contribution in [2.75, 3.05) is 21.3 Å². The van der Waals surface area contributed by atoms with Gasteiger partial charge >= 0.3 is 6.03 Å². The number of carbonyl (C=O) groups excluding carboxylic acids is 1. The molecule has 2 amide bonds. The fourth-order valence-electron chi connectivity index (χ4n) is 3.71. The van der Waals surface area contributed by atoms with Gasteiger partial charge in [0.2, 0.25) is 0 Å². The molecule has 2 fully saturated rings. The van der Waals surface area contributed by atoms with Crippen LogP contribution in [0.25, 0.3) is 0 Å². The maximum atomic E-state index is 13.2. The number of amides is 2. The Morgan fingerprint density at radius 2 is 1.52 bits per heavy atom. The summed E-state index contributed by atoms with van der Waals surface area (Å²) in [5, 5.41) is 0.511. The average Bonchev–Trinajstić information content (AvgIpc) is 2.95. The summed E-state index contributed by atoms with van der Waals surface area (Å²) in [5.74, 6) is -0.0490. The van der Waals surface area contributed by atoms with E-state index in [0.717, 1.165) is 11.3 Å². The summed E-state index contributed by atoms with van der Waals surface area (Å²) in [7, 11) is -3.20. The Kier molecular flexibility index (Phi) is 3.77. The number of fused-ring (bicyclic) bond motifs is 1. The lowest BCUT2D eigenvalue weighted by Crippen LogP contribution is -2.37. The van der Waals surface area contributed by atoms with Gasteiger partial charge in [0.15, 0.2) is 9.84 Å². The van der Waals surface area contributed by atoms with Gasteiger partial charge in [0.05, 0.1) is 23.6 Å². The van der Waals surface area contributed by atoms with Gasteiger partial charge in [-0.2, -0.15) is 0 Å². The van der Waals surface area contributed by atoms with Crippen LogP contribution in [0.1, 0.15) is 5.56 Å².